The Kier molecular flexibility index (Phi) is 6.14. The summed E-state index contributed by atoms with van der Waals surface area (Å²) in [6.07, 6.45) is 6.45. The molecule has 0 spiro atoms. The number of para-hydroxylation sites is 1. The van der Waals surface area contributed by atoms with Crippen LogP contribution in [0.2, 0.25) is 0 Å². The molecule has 2 heterocycles. The number of phenolic OH excluding ortho intramolecular Hbond substituents is 1. The number of imide groups is 1. The van der Waals surface area contributed by atoms with E-state index in [-0.39, 0.29) is 23.9 Å². The van der Waals surface area contributed by atoms with Crippen LogP contribution in [0.4, 0.5) is 4.79 Å². The van der Waals surface area contributed by atoms with Gasteiger partial charge >= 0.3 is 6.03 Å². The van der Waals surface area contributed by atoms with Crippen molar-refractivity contribution in [1.29, 1.82) is 0 Å². The Balaban J connectivity index is 1.51. The van der Waals surface area contributed by atoms with E-state index < -0.39 is 6.03 Å². The molecule has 2 aromatic carbocycles. The van der Waals surface area contributed by atoms with Crippen molar-refractivity contribution in [3.8, 4) is 5.75 Å². The minimum absolute atomic E-state index is 0.165. The monoisotopic (exact) mass is 405 g/mol. The van der Waals surface area contributed by atoms with Gasteiger partial charge in [0.25, 0.3) is 5.91 Å². The molecule has 0 radical (unpaired) electrons. The second kappa shape index (κ2) is 9.13. The van der Waals surface area contributed by atoms with Gasteiger partial charge in [-0.15, -0.1) is 0 Å². The van der Waals surface area contributed by atoms with Crippen LogP contribution < -0.4 is 5.32 Å². The Morgan fingerprint density at radius 1 is 0.900 bits per heavy atom. The largest absolute Gasteiger partial charge is 0.507 e. The number of rotatable bonds is 5. The van der Waals surface area contributed by atoms with E-state index in [1.54, 1.807) is 12.1 Å². The summed E-state index contributed by atoms with van der Waals surface area (Å²) >= 11 is 0. The van der Waals surface area contributed by atoms with Gasteiger partial charge in [0, 0.05) is 17.7 Å². The number of aromatic hydroxyl groups is 1. The van der Waals surface area contributed by atoms with Gasteiger partial charge in [0.1, 0.15) is 11.4 Å². The van der Waals surface area contributed by atoms with E-state index in [0.717, 1.165) is 24.2 Å². The first-order chi connectivity index (χ1) is 14.6. The summed E-state index contributed by atoms with van der Waals surface area (Å²) in [4.78, 5) is 28.6. The number of carbonyl (C=O) groups is 2. The molecule has 0 bridgehead atoms. The molecule has 0 atom stereocenters. The molecule has 3 amide bonds. The molecule has 0 unspecified atom stereocenters. The van der Waals surface area contributed by atoms with Crippen LogP contribution in [0, 0.1) is 0 Å². The quantitative estimate of drug-likeness (QED) is 0.585. The molecule has 0 saturated carbocycles. The van der Waals surface area contributed by atoms with Crippen LogP contribution in [0.25, 0.3) is 6.08 Å². The summed E-state index contributed by atoms with van der Waals surface area (Å²) in [6, 6.07) is 14.5. The third-order valence-electron chi connectivity index (χ3n) is 5.69. The van der Waals surface area contributed by atoms with Gasteiger partial charge in [-0.25, -0.2) is 4.79 Å². The Hall–Kier alpha value is -3.12. The molecular weight excluding hydrogens is 378 g/mol. The van der Waals surface area contributed by atoms with Crippen LogP contribution in [0.5, 0.6) is 5.75 Å². The number of likely N-dealkylation sites (tertiary alicyclic amines) is 1. The van der Waals surface area contributed by atoms with E-state index in [1.165, 1.54) is 30.6 Å². The number of nitrogens with one attached hydrogen (secondary N) is 1. The minimum Gasteiger partial charge on any atom is -0.507 e. The Labute approximate surface area is 176 Å². The lowest BCUT2D eigenvalue weighted by Gasteiger charge is -2.20. The van der Waals surface area contributed by atoms with Crippen LogP contribution >= 0.6 is 0 Å². The number of hydrogen-bond acceptors (Lipinski definition) is 4. The molecule has 6 nitrogen and oxygen atoms in total. The maximum absolute atomic E-state index is 12.8. The van der Waals surface area contributed by atoms with Crippen LogP contribution in [-0.2, 0) is 17.9 Å². The molecule has 2 saturated heterocycles. The number of nitrogens with zero attached hydrogens (tertiary/aromatic N) is 2. The maximum atomic E-state index is 12.8. The van der Waals surface area contributed by atoms with Crippen molar-refractivity contribution in [3.63, 3.8) is 0 Å². The molecule has 6 heteroatoms. The summed E-state index contributed by atoms with van der Waals surface area (Å²) < 4.78 is 0. The fourth-order valence-electron chi connectivity index (χ4n) is 4.03. The van der Waals surface area contributed by atoms with Gasteiger partial charge in [-0.3, -0.25) is 14.6 Å². The van der Waals surface area contributed by atoms with E-state index in [9.17, 15) is 14.7 Å². The summed E-state index contributed by atoms with van der Waals surface area (Å²) in [5.74, 6) is -0.223. The standard InChI is InChI=1S/C24H27N3O3/c28-22-19(11-8-12-20(22)17-26-13-6-1-2-7-14-26)15-21-23(29)27(24(30)25-21)16-18-9-4-3-5-10-18/h3-5,8-12,15,28H,1-2,6-7,13-14,16-17H2,(H,25,30). The highest BCUT2D eigenvalue weighted by atomic mass is 16.3. The molecule has 2 aliphatic rings. The summed E-state index contributed by atoms with van der Waals surface area (Å²) in [5, 5.41) is 13.4. The number of hydrogen-bond donors (Lipinski definition) is 2. The number of benzene rings is 2. The van der Waals surface area contributed by atoms with Crippen LogP contribution in [0.15, 0.2) is 54.2 Å². The van der Waals surface area contributed by atoms with Gasteiger partial charge in [-0.1, -0.05) is 61.4 Å². The summed E-state index contributed by atoms with van der Waals surface area (Å²) in [7, 11) is 0. The van der Waals surface area contributed by atoms with Crippen LogP contribution in [-0.4, -0.2) is 39.9 Å². The summed E-state index contributed by atoms with van der Waals surface area (Å²) in [5.41, 5.74) is 2.43. The van der Waals surface area contributed by atoms with Gasteiger partial charge in [-0.05, 0) is 37.6 Å². The second-order valence-corrected chi connectivity index (χ2v) is 7.91. The van der Waals surface area contributed by atoms with Gasteiger partial charge in [-0.2, -0.15) is 0 Å². The Bertz CT molecular complexity index is 947. The second-order valence-electron chi connectivity index (χ2n) is 7.91. The van der Waals surface area contributed by atoms with Crippen molar-refractivity contribution in [2.24, 2.45) is 0 Å². The molecule has 2 N–H and O–H groups in total. The molecule has 2 aromatic rings. The van der Waals surface area contributed by atoms with Crippen molar-refractivity contribution in [2.75, 3.05) is 13.1 Å². The predicted molar refractivity (Wildman–Crippen MR) is 115 cm³/mol. The fraction of sp³-hybridized carbons (Fsp3) is 0.333. The SMILES string of the molecule is O=C1NC(=Cc2cccc(CN3CCCCCC3)c2O)C(=O)N1Cc1ccccc1. The number of carbonyl (C=O) groups excluding carboxylic acids is 2. The van der Waals surface area contributed by atoms with E-state index in [1.807, 2.05) is 42.5 Å². The van der Waals surface area contributed by atoms with E-state index >= 15 is 0 Å². The van der Waals surface area contributed by atoms with E-state index in [4.69, 9.17) is 0 Å². The first-order valence-electron chi connectivity index (χ1n) is 10.5. The molecule has 0 aromatic heterocycles. The molecule has 30 heavy (non-hydrogen) atoms. The first kappa shape index (κ1) is 20.2. The van der Waals surface area contributed by atoms with Crippen molar-refractivity contribution >= 4 is 18.0 Å². The first-order valence-corrected chi connectivity index (χ1v) is 10.5. The minimum atomic E-state index is -0.449. The van der Waals surface area contributed by atoms with Crippen molar-refractivity contribution in [1.82, 2.24) is 15.1 Å². The lowest BCUT2D eigenvalue weighted by atomic mass is 10.1. The highest BCUT2D eigenvalue weighted by Crippen LogP contribution is 2.28. The average Bonchev–Trinajstić information content (AvgIpc) is 2.93. The zero-order valence-electron chi connectivity index (χ0n) is 17.0. The smallest absolute Gasteiger partial charge is 0.329 e. The maximum Gasteiger partial charge on any atom is 0.329 e. The lowest BCUT2D eigenvalue weighted by molar-refractivity contribution is -0.123. The average molecular weight is 405 g/mol. The third-order valence-corrected chi connectivity index (χ3v) is 5.69. The highest BCUT2D eigenvalue weighted by molar-refractivity contribution is 6.14. The molecular formula is C24H27N3O3. The van der Waals surface area contributed by atoms with Crippen molar-refractivity contribution in [3.05, 3.63) is 70.9 Å². The Morgan fingerprint density at radius 2 is 1.63 bits per heavy atom. The Morgan fingerprint density at radius 3 is 2.37 bits per heavy atom. The van der Waals surface area contributed by atoms with E-state index in [0.29, 0.717) is 12.1 Å². The van der Waals surface area contributed by atoms with Gasteiger partial charge in [0.05, 0.1) is 6.54 Å². The highest BCUT2D eigenvalue weighted by Gasteiger charge is 2.33. The van der Waals surface area contributed by atoms with Crippen LogP contribution in [0.1, 0.15) is 42.4 Å². The molecule has 4 rings (SSSR count). The van der Waals surface area contributed by atoms with E-state index in [2.05, 4.69) is 10.2 Å². The normalized spacial score (nSPS) is 19.2. The summed E-state index contributed by atoms with van der Waals surface area (Å²) in [6.45, 7) is 2.97. The molecule has 156 valence electrons. The van der Waals surface area contributed by atoms with Crippen molar-refractivity contribution in [2.45, 2.75) is 38.8 Å². The van der Waals surface area contributed by atoms with Gasteiger partial charge in [0.15, 0.2) is 0 Å². The molecule has 2 fully saturated rings. The van der Waals surface area contributed by atoms with Gasteiger partial charge < -0.3 is 10.4 Å². The molecule has 2 aliphatic heterocycles. The zero-order chi connectivity index (χ0) is 20.9. The predicted octanol–water partition coefficient (Wildman–Crippen LogP) is 3.86. The van der Waals surface area contributed by atoms with Gasteiger partial charge in [0.2, 0.25) is 0 Å². The lowest BCUT2D eigenvalue weighted by Crippen LogP contribution is -2.30. The molecule has 0 aliphatic carbocycles. The van der Waals surface area contributed by atoms with Crippen molar-refractivity contribution < 1.29 is 14.7 Å². The third kappa shape index (κ3) is 4.54. The zero-order valence-corrected chi connectivity index (χ0v) is 17.0. The number of phenols is 1. The fourth-order valence-corrected chi connectivity index (χ4v) is 4.03. The topological polar surface area (TPSA) is 72.9 Å². The number of urea groups is 1. The number of amides is 3. The van der Waals surface area contributed by atoms with Crippen LogP contribution in [0.3, 0.4) is 0 Å².